The molecule has 0 amide bonds. The molecular formula is C36H74O6S. The Labute approximate surface area is 269 Å². The molecule has 0 aliphatic carbocycles. The monoisotopic (exact) mass is 635 g/mol. The van der Waals surface area contributed by atoms with Crippen LogP contribution in [0.1, 0.15) is 220 Å². The van der Waals surface area contributed by atoms with Gasteiger partial charge < -0.3 is 0 Å². The summed E-state index contributed by atoms with van der Waals surface area (Å²) >= 11 is 0. The van der Waals surface area contributed by atoms with Crippen LogP contribution in [0.25, 0.3) is 0 Å². The number of unbranched alkanes of at least 4 members (excludes halogenated alkanes) is 26. The second-order valence-corrected chi connectivity index (χ2v) is 14.2. The molecule has 0 aromatic rings. The Morgan fingerprint density at radius 3 is 0.814 bits per heavy atom. The van der Waals surface area contributed by atoms with Gasteiger partial charge in [0, 0.05) is 0 Å². The van der Waals surface area contributed by atoms with Gasteiger partial charge >= 0.3 is 10.4 Å². The molecule has 260 valence electrons. The van der Waals surface area contributed by atoms with Gasteiger partial charge in [-0.25, -0.2) is 9.78 Å². The van der Waals surface area contributed by atoms with Crippen LogP contribution in [0.2, 0.25) is 0 Å². The molecule has 0 rings (SSSR count). The standard InChI is InChI=1S/C36H74O6S/c1-5-7-9-11-13-15-17-19-21-23-25-27-29-31-33-35(3)39-41-43(37,38)42-40-36(4)34-32-30-28-26-24-22-20-18-16-14-12-10-8-6-2/h35-36H,5-34H2,1-4H3. The molecule has 0 aliphatic rings. The Kier molecular flexibility index (Phi) is 33.0. The highest BCUT2D eigenvalue weighted by molar-refractivity contribution is 7.81. The summed E-state index contributed by atoms with van der Waals surface area (Å²) in [6.45, 7) is 8.17. The topological polar surface area (TPSA) is 71.1 Å². The van der Waals surface area contributed by atoms with Crippen molar-refractivity contribution in [1.29, 1.82) is 0 Å². The molecule has 0 N–H and O–H groups in total. The molecule has 0 aliphatic heterocycles. The minimum absolute atomic E-state index is 0.316. The van der Waals surface area contributed by atoms with E-state index in [1.807, 2.05) is 13.8 Å². The van der Waals surface area contributed by atoms with Crippen LogP contribution in [-0.4, -0.2) is 20.6 Å². The van der Waals surface area contributed by atoms with E-state index in [-0.39, 0.29) is 12.2 Å². The van der Waals surface area contributed by atoms with Gasteiger partial charge in [0.2, 0.25) is 0 Å². The van der Waals surface area contributed by atoms with Gasteiger partial charge in [0.1, 0.15) is 0 Å². The van der Waals surface area contributed by atoms with Crippen molar-refractivity contribution >= 4 is 10.4 Å². The van der Waals surface area contributed by atoms with E-state index in [0.29, 0.717) is 0 Å². The van der Waals surface area contributed by atoms with E-state index >= 15 is 0 Å². The molecule has 0 saturated heterocycles. The zero-order valence-electron chi connectivity index (χ0n) is 29.2. The van der Waals surface area contributed by atoms with Crippen LogP contribution in [0.15, 0.2) is 0 Å². The van der Waals surface area contributed by atoms with E-state index < -0.39 is 10.4 Å². The Hall–Kier alpha value is -0.210. The largest absolute Gasteiger partial charge is 0.453 e. The molecule has 0 radical (unpaired) electrons. The van der Waals surface area contributed by atoms with E-state index in [4.69, 9.17) is 9.78 Å². The zero-order chi connectivity index (χ0) is 31.7. The maximum Gasteiger partial charge on any atom is 0.453 e. The second kappa shape index (κ2) is 33.2. The van der Waals surface area contributed by atoms with Gasteiger partial charge in [-0.15, -0.1) is 0 Å². The van der Waals surface area contributed by atoms with Crippen LogP contribution in [0.4, 0.5) is 0 Å². The SMILES string of the molecule is CCCCCCCCCCCCCCCCC(C)OOS(=O)(=O)OOC(C)CCCCCCCCCCCCCCCC. The fraction of sp³-hybridized carbons (Fsp3) is 1.00. The van der Waals surface area contributed by atoms with Crippen molar-refractivity contribution in [2.45, 2.75) is 233 Å². The van der Waals surface area contributed by atoms with Gasteiger partial charge in [-0.05, 0) is 26.7 Å². The summed E-state index contributed by atoms with van der Waals surface area (Å²) in [5, 5.41) is 0. The highest BCUT2D eigenvalue weighted by Gasteiger charge is 2.19. The van der Waals surface area contributed by atoms with E-state index in [2.05, 4.69) is 22.5 Å². The van der Waals surface area contributed by atoms with Gasteiger partial charge in [-0.3, -0.25) is 0 Å². The smallest absolute Gasteiger partial charge is 0.215 e. The first-order chi connectivity index (χ1) is 20.9. The average molecular weight is 635 g/mol. The van der Waals surface area contributed by atoms with Crippen molar-refractivity contribution in [3.63, 3.8) is 0 Å². The van der Waals surface area contributed by atoms with Crippen LogP contribution in [0.5, 0.6) is 0 Å². The fourth-order valence-electron chi connectivity index (χ4n) is 5.59. The van der Waals surface area contributed by atoms with Gasteiger partial charge in [0.25, 0.3) is 0 Å². The van der Waals surface area contributed by atoms with Gasteiger partial charge in [-0.1, -0.05) is 202 Å². The summed E-state index contributed by atoms with van der Waals surface area (Å²) in [7, 11) is -4.33. The maximum atomic E-state index is 11.9. The molecule has 0 spiro atoms. The number of rotatable bonds is 36. The third kappa shape index (κ3) is 34.5. The molecule has 0 aromatic carbocycles. The Morgan fingerprint density at radius 1 is 0.372 bits per heavy atom. The third-order valence-electron chi connectivity index (χ3n) is 8.50. The van der Waals surface area contributed by atoms with Crippen LogP contribution in [0.3, 0.4) is 0 Å². The van der Waals surface area contributed by atoms with Crippen molar-refractivity contribution < 1.29 is 26.9 Å². The highest BCUT2D eigenvalue weighted by atomic mass is 32.3. The first-order valence-electron chi connectivity index (χ1n) is 18.9. The molecule has 0 saturated carbocycles. The summed E-state index contributed by atoms with van der Waals surface area (Å²) in [5.41, 5.74) is 0. The predicted octanol–water partition coefficient (Wildman–Crippen LogP) is 12.6. The number of hydrogen-bond acceptors (Lipinski definition) is 6. The minimum Gasteiger partial charge on any atom is -0.215 e. The van der Waals surface area contributed by atoms with Crippen LogP contribution < -0.4 is 0 Å². The van der Waals surface area contributed by atoms with Crippen LogP contribution in [0, 0.1) is 0 Å². The first-order valence-corrected chi connectivity index (χ1v) is 20.2. The van der Waals surface area contributed by atoms with Crippen LogP contribution >= 0.6 is 0 Å². The summed E-state index contributed by atoms with van der Waals surface area (Å²) in [6, 6.07) is 0. The average Bonchev–Trinajstić information content (AvgIpc) is 2.99. The van der Waals surface area contributed by atoms with Crippen molar-refractivity contribution in [3.05, 3.63) is 0 Å². The highest BCUT2D eigenvalue weighted by Crippen LogP contribution is 2.17. The Balaban J connectivity index is 3.51. The molecule has 0 heterocycles. The predicted molar refractivity (Wildman–Crippen MR) is 182 cm³/mol. The lowest BCUT2D eigenvalue weighted by Gasteiger charge is -2.13. The van der Waals surface area contributed by atoms with Crippen molar-refractivity contribution in [2.75, 3.05) is 0 Å². The molecule has 7 heteroatoms. The Bertz CT molecular complexity index is 594. The minimum atomic E-state index is -4.33. The van der Waals surface area contributed by atoms with E-state index in [1.54, 1.807) is 0 Å². The van der Waals surface area contributed by atoms with E-state index in [0.717, 1.165) is 38.5 Å². The quantitative estimate of drug-likeness (QED) is 0.0388. The van der Waals surface area contributed by atoms with Crippen molar-refractivity contribution in [3.8, 4) is 0 Å². The van der Waals surface area contributed by atoms with E-state index in [9.17, 15) is 8.42 Å². The fourth-order valence-corrected chi connectivity index (χ4v) is 6.07. The summed E-state index contributed by atoms with van der Waals surface area (Å²) < 4.78 is 33.0. The molecule has 0 aromatic heterocycles. The molecular weight excluding hydrogens is 560 g/mol. The van der Waals surface area contributed by atoms with Crippen molar-refractivity contribution in [2.24, 2.45) is 0 Å². The van der Waals surface area contributed by atoms with Gasteiger partial charge in [-0.2, -0.15) is 8.42 Å². The molecule has 43 heavy (non-hydrogen) atoms. The maximum absolute atomic E-state index is 11.9. The molecule has 2 atom stereocenters. The third-order valence-corrected chi connectivity index (χ3v) is 8.99. The molecule has 6 nitrogen and oxygen atoms in total. The lowest BCUT2D eigenvalue weighted by molar-refractivity contribution is -0.289. The van der Waals surface area contributed by atoms with Crippen LogP contribution in [-0.2, 0) is 28.8 Å². The number of hydrogen-bond donors (Lipinski definition) is 0. The molecule has 0 fully saturated rings. The summed E-state index contributed by atoms with van der Waals surface area (Å²) in [4.78, 5) is 10.1. The molecule has 2 unspecified atom stereocenters. The first kappa shape index (κ1) is 42.8. The summed E-state index contributed by atoms with van der Waals surface area (Å²) in [5.74, 6) is 0. The Morgan fingerprint density at radius 2 is 0.581 bits per heavy atom. The second-order valence-electron chi connectivity index (χ2n) is 13.1. The summed E-state index contributed by atoms with van der Waals surface area (Å²) in [6.07, 6.45) is 37.6. The van der Waals surface area contributed by atoms with E-state index in [1.165, 1.54) is 154 Å². The van der Waals surface area contributed by atoms with Gasteiger partial charge in [0.15, 0.2) is 0 Å². The zero-order valence-corrected chi connectivity index (χ0v) is 30.0. The lowest BCUT2D eigenvalue weighted by Crippen LogP contribution is -2.19. The lowest BCUT2D eigenvalue weighted by atomic mass is 10.0. The normalized spacial score (nSPS) is 13.5. The molecule has 0 bridgehead atoms. The van der Waals surface area contributed by atoms with Gasteiger partial charge in [0.05, 0.1) is 12.2 Å². The van der Waals surface area contributed by atoms with Crippen molar-refractivity contribution in [1.82, 2.24) is 0 Å².